The lowest BCUT2D eigenvalue weighted by Gasteiger charge is -1.94. The molecule has 4 heteroatoms. The smallest absolute Gasteiger partial charge is 0.423 e. The Morgan fingerprint density at radius 2 is 2.17 bits per heavy atom. The number of carbonyl (C=O) groups excluding carboxylic acids is 1. The fraction of sp³-hybridized carbons (Fsp3) is 0.125. The van der Waals surface area contributed by atoms with E-state index in [-0.39, 0.29) is 0 Å². The molecule has 0 saturated carbocycles. The van der Waals surface area contributed by atoms with E-state index >= 15 is 0 Å². The van der Waals surface area contributed by atoms with Crippen LogP contribution in [0, 0.1) is 0 Å². The first kappa shape index (κ1) is 8.97. The second kappa shape index (κ2) is 4.04. The minimum atomic E-state index is -1.47. The molecule has 0 amide bonds. The van der Waals surface area contributed by atoms with Gasteiger partial charge < -0.3 is 10.0 Å². The van der Waals surface area contributed by atoms with Crippen molar-refractivity contribution in [1.82, 2.24) is 0 Å². The third-order valence-corrected chi connectivity index (χ3v) is 1.60. The summed E-state index contributed by atoms with van der Waals surface area (Å²) >= 11 is 0. The van der Waals surface area contributed by atoms with Crippen molar-refractivity contribution in [2.75, 3.05) is 0 Å². The highest BCUT2D eigenvalue weighted by Gasteiger charge is 2.11. The lowest BCUT2D eigenvalue weighted by Crippen LogP contribution is -2.13. The molecule has 1 rings (SSSR count). The van der Waals surface area contributed by atoms with Crippen LogP contribution in [0.15, 0.2) is 35.3 Å². The summed E-state index contributed by atoms with van der Waals surface area (Å²) in [6.07, 6.45) is 7.72. The maximum absolute atomic E-state index is 10.3. The molecule has 0 aromatic heterocycles. The fourth-order valence-electron chi connectivity index (χ4n) is 0.917. The van der Waals surface area contributed by atoms with E-state index in [0.29, 0.717) is 17.5 Å². The van der Waals surface area contributed by atoms with E-state index in [4.69, 9.17) is 10.0 Å². The van der Waals surface area contributed by atoms with Crippen molar-refractivity contribution in [2.24, 2.45) is 0 Å². The summed E-state index contributed by atoms with van der Waals surface area (Å²) in [6, 6.07) is 0. The molecule has 3 nitrogen and oxygen atoms in total. The van der Waals surface area contributed by atoms with E-state index in [2.05, 4.69) is 0 Å². The SMILES string of the molecule is O=CC1=CC=C(B(O)O)C=CC1. The second-order valence-corrected chi connectivity index (χ2v) is 2.51. The van der Waals surface area contributed by atoms with Gasteiger partial charge in [0.1, 0.15) is 6.29 Å². The molecule has 0 aromatic rings. The maximum Gasteiger partial charge on any atom is 0.488 e. The molecule has 0 heterocycles. The van der Waals surface area contributed by atoms with Crippen molar-refractivity contribution >= 4 is 13.4 Å². The van der Waals surface area contributed by atoms with Gasteiger partial charge in [-0.3, -0.25) is 4.79 Å². The average molecular weight is 164 g/mol. The molecule has 2 N–H and O–H groups in total. The zero-order chi connectivity index (χ0) is 8.97. The highest BCUT2D eigenvalue weighted by Crippen LogP contribution is 2.09. The molecule has 0 aromatic carbocycles. The van der Waals surface area contributed by atoms with Crippen molar-refractivity contribution < 1.29 is 14.8 Å². The first-order valence-corrected chi connectivity index (χ1v) is 3.62. The van der Waals surface area contributed by atoms with Gasteiger partial charge in [0.25, 0.3) is 0 Å². The Hall–Kier alpha value is -1.13. The summed E-state index contributed by atoms with van der Waals surface area (Å²) in [5, 5.41) is 17.6. The summed E-state index contributed by atoms with van der Waals surface area (Å²) in [5.41, 5.74) is 1.02. The second-order valence-electron chi connectivity index (χ2n) is 2.51. The number of hydrogen-bond donors (Lipinski definition) is 2. The van der Waals surface area contributed by atoms with Crippen LogP contribution < -0.4 is 0 Å². The molecular formula is C8H9BO3. The highest BCUT2D eigenvalue weighted by atomic mass is 16.4. The summed E-state index contributed by atoms with van der Waals surface area (Å²) in [4.78, 5) is 10.3. The largest absolute Gasteiger partial charge is 0.488 e. The van der Waals surface area contributed by atoms with Gasteiger partial charge in [-0.1, -0.05) is 24.3 Å². The molecule has 0 saturated heterocycles. The number of rotatable bonds is 2. The van der Waals surface area contributed by atoms with E-state index in [0.717, 1.165) is 6.29 Å². The maximum atomic E-state index is 10.3. The normalized spacial score (nSPS) is 16.2. The van der Waals surface area contributed by atoms with E-state index in [1.54, 1.807) is 18.2 Å². The van der Waals surface area contributed by atoms with Gasteiger partial charge in [0.2, 0.25) is 0 Å². The molecular weight excluding hydrogens is 155 g/mol. The van der Waals surface area contributed by atoms with Crippen molar-refractivity contribution in [2.45, 2.75) is 6.42 Å². The zero-order valence-corrected chi connectivity index (χ0v) is 6.47. The molecule has 0 radical (unpaired) electrons. The van der Waals surface area contributed by atoms with Crippen LogP contribution in [0.2, 0.25) is 0 Å². The number of hydrogen-bond acceptors (Lipinski definition) is 3. The van der Waals surface area contributed by atoms with Gasteiger partial charge in [-0.2, -0.15) is 0 Å². The van der Waals surface area contributed by atoms with E-state index in [9.17, 15) is 4.79 Å². The monoisotopic (exact) mass is 164 g/mol. The van der Waals surface area contributed by atoms with Crippen LogP contribution in [0.5, 0.6) is 0 Å². The zero-order valence-electron chi connectivity index (χ0n) is 6.47. The van der Waals surface area contributed by atoms with Gasteiger partial charge in [-0.05, 0) is 17.5 Å². The predicted molar refractivity (Wildman–Crippen MR) is 46.2 cm³/mol. The van der Waals surface area contributed by atoms with Crippen LogP contribution >= 0.6 is 0 Å². The van der Waals surface area contributed by atoms with Crippen LogP contribution in [0.4, 0.5) is 0 Å². The van der Waals surface area contributed by atoms with Gasteiger partial charge in [0.05, 0.1) is 0 Å². The molecule has 0 fully saturated rings. The minimum Gasteiger partial charge on any atom is -0.423 e. The average Bonchev–Trinajstić information content (AvgIpc) is 2.28. The Morgan fingerprint density at radius 3 is 2.75 bits per heavy atom. The molecule has 0 bridgehead atoms. The molecule has 1 aliphatic carbocycles. The van der Waals surface area contributed by atoms with E-state index in [1.165, 1.54) is 6.08 Å². The highest BCUT2D eigenvalue weighted by molar-refractivity contribution is 6.51. The topological polar surface area (TPSA) is 57.5 Å². The molecule has 0 spiro atoms. The Bertz CT molecular complexity index is 263. The Morgan fingerprint density at radius 1 is 1.42 bits per heavy atom. The van der Waals surface area contributed by atoms with Gasteiger partial charge >= 0.3 is 7.12 Å². The Kier molecular flexibility index (Phi) is 3.02. The van der Waals surface area contributed by atoms with Crippen LogP contribution in [0.3, 0.4) is 0 Å². The third kappa shape index (κ3) is 2.18. The molecule has 12 heavy (non-hydrogen) atoms. The summed E-state index contributed by atoms with van der Waals surface area (Å²) < 4.78 is 0. The first-order chi connectivity index (χ1) is 5.74. The van der Waals surface area contributed by atoms with Gasteiger partial charge in [-0.25, -0.2) is 0 Å². The molecule has 62 valence electrons. The van der Waals surface area contributed by atoms with Crippen molar-refractivity contribution in [3.63, 3.8) is 0 Å². The Labute approximate surface area is 70.9 Å². The van der Waals surface area contributed by atoms with Crippen LogP contribution in [-0.4, -0.2) is 23.5 Å². The number of aldehydes is 1. The predicted octanol–water partition coefficient (Wildman–Crippen LogP) is 0.01000. The number of carbonyl (C=O) groups is 1. The summed E-state index contributed by atoms with van der Waals surface area (Å²) in [7, 11) is -1.47. The summed E-state index contributed by atoms with van der Waals surface area (Å²) in [5.74, 6) is 0. The van der Waals surface area contributed by atoms with Crippen molar-refractivity contribution in [1.29, 1.82) is 0 Å². The van der Waals surface area contributed by atoms with Crippen LogP contribution in [0.1, 0.15) is 6.42 Å². The van der Waals surface area contributed by atoms with Crippen LogP contribution in [0.25, 0.3) is 0 Å². The molecule has 0 aliphatic heterocycles. The standard InChI is InChI=1S/C8H9BO3/c10-6-7-2-1-3-8(5-4-7)9(11)12/h1,3-6,11-12H,2H2. The fourth-order valence-corrected chi connectivity index (χ4v) is 0.917. The van der Waals surface area contributed by atoms with Crippen molar-refractivity contribution in [3.8, 4) is 0 Å². The lowest BCUT2D eigenvalue weighted by atomic mass is 9.79. The van der Waals surface area contributed by atoms with Crippen LogP contribution in [-0.2, 0) is 4.79 Å². The lowest BCUT2D eigenvalue weighted by molar-refractivity contribution is -0.104. The third-order valence-electron chi connectivity index (χ3n) is 1.60. The van der Waals surface area contributed by atoms with E-state index in [1.807, 2.05) is 0 Å². The molecule has 0 unspecified atom stereocenters. The van der Waals surface area contributed by atoms with Gasteiger partial charge in [0.15, 0.2) is 0 Å². The Balaban J connectivity index is 2.85. The quantitative estimate of drug-likeness (QED) is 0.446. The van der Waals surface area contributed by atoms with E-state index < -0.39 is 7.12 Å². The minimum absolute atomic E-state index is 0.395. The molecule has 1 aliphatic rings. The molecule has 0 atom stereocenters. The van der Waals surface area contributed by atoms with Gasteiger partial charge in [-0.15, -0.1) is 0 Å². The number of allylic oxidation sites excluding steroid dienone is 6. The van der Waals surface area contributed by atoms with Crippen molar-refractivity contribution in [3.05, 3.63) is 35.3 Å². The summed E-state index contributed by atoms with van der Waals surface area (Å²) in [6.45, 7) is 0. The first-order valence-electron chi connectivity index (χ1n) is 3.62. The van der Waals surface area contributed by atoms with Gasteiger partial charge in [0, 0.05) is 0 Å².